The molecule has 3 nitrogen and oxygen atoms in total. The van der Waals surface area contributed by atoms with E-state index >= 15 is 0 Å². The fourth-order valence-corrected chi connectivity index (χ4v) is 3.61. The predicted molar refractivity (Wildman–Crippen MR) is 61.5 cm³/mol. The first-order chi connectivity index (χ1) is 5.83. The van der Waals surface area contributed by atoms with Gasteiger partial charge in [0.15, 0.2) is 5.11 Å². The molecule has 1 aliphatic heterocycles. The van der Waals surface area contributed by atoms with Crippen LogP contribution in [0, 0.1) is 0 Å². The maximum Gasteiger partial charge on any atom is 0.180 e. The molecular formula is C6H13N3S3. The van der Waals surface area contributed by atoms with Crippen molar-refractivity contribution in [2.75, 3.05) is 23.8 Å². The molecule has 1 saturated heterocycles. The second kappa shape index (κ2) is 5.90. The first-order valence-corrected chi connectivity index (χ1v) is 6.38. The smallest absolute Gasteiger partial charge is 0.180 e. The number of thiocarbonyl (C=S) groups is 1. The first-order valence-electron chi connectivity index (χ1n) is 3.76. The van der Waals surface area contributed by atoms with E-state index in [0.29, 0.717) is 10.4 Å². The molecule has 1 aliphatic rings. The van der Waals surface area contributed by atoms with E-state index in [1.54, 1.807) is 0 Å². The molecule has 1 unspecified atom stereocenters. The molecule has 0 aliphatic carbocycles. The Balaban J connectivity index is 2.09. The van der Waals surface area contributed by atoms with Crippen molar-refractivity contribution in [3.63, 3.8) is 0 Å². The van der Waals surface area contributed by atoms with Gasteiger partial charge in [-0.25, -0.2) is 5.84 Å². The first kappa shape index (κ1) is 10.4. The van der Waals surface area contributed by atoms with Gasteiger partial charge in [-0.3, -0.25) is 0 Å². The number of nitrogens with two attached hydrogens (primary N) is 1. The van der Waals surface area contributed by atoms with E-state index in [9.17, 15) is 0 Å². The van der Waals surface area contributed by atoms with Crippen LogP contribution in [0.2, 0.25) is 0 Å². The molecule has 1 atom stereocenters. The van der Waals surface area contributed by atoms with Crippen molar-refractivity contribution >= 4 is 40.9 Å². The zero-order chi connectivity index (χ0) is 8.81. The van der Waals surface area contributed by atoms with Gasteiger partial charge in [-0.05, 0) is 12.2 Å². The molecule has 0 aromatic heterocycles. The summed E-state index contributed by atoms with van der Waals surface area (Å²) in [4.78, 5) is 0. The van der Waals surface area contributed by atoms with Crippen LogP contribution in [-0.2, 0) is 0 Å². The van der Waals surface area contributed by atoms with E-state index in [1.807, 2.05) is 23.5 Å². The van der Waals surface area contributed by atoms with E-state index in [4.69, 9.17) is 18.1 Å². The third-order valence-electron chi connectivity index (χ3n) is 1.51. The minimum atomic E-state index is 0.533. The van der Waals surface area contributed by atoms with Gasteiger partial charge in [0.05, 0.1) is 0 Å². The highest BCUT2D eigenvalue weighted by molar-refractivity contribution is 8.06. The largest absolute Gasteiger partial charge is 0.361 e. The summed E-state index contributed by atoms with van der Waals surface area (Å²) in [6.45, 7) is 0.917. The molecule has 1 rings (SSSR count). The fourth-order valence-electron chi connectivity index (χ4n) is 0.912. The Bertz CT molecular complexity index is 147. The van der Waals surface area contributed by atoms with Gasteiger partial charge in [-0.15, -0.1) is 0 Å². The van der Waals surface area contributed by atoms with Crippen LogP contribution in [0.5, 0.6) is 0 Å². The number of nitrogens with one attached hydrogen (secondary N) is 2. The van der Waals surface area contributed by atoms with Crippen LogP contribution in [0.4, 0.5) is 0 Å². The molecule has 0 aromatic carbocycles. The van der Waals surface area contributed by atoms with Crippen LogP contribution in [0.25, 0.3) is 0 Å². The molecule has 0 bridgehead atoms. The average molecular weight is 223 g/mol. The second-order valence-electron chi connectivity index (χ2n) is 2.42. The maximum absolute atomic E-state index is 5.12. The monoisotopic (exact) mass is 223 g/mol. The summed E-state index contributed by atoms with van der Waals surface area (Å²) >= 11 is 8.87. The van der Waals surface area contributed by atoms with E-state index in [0.717, 1.165) is 6.54 Å². The number of thioether (sulfide) groups is 2. The summed E-state index contributed by atoms with van der Waals surface area (Å²) in [5.41, 5.74) is 2.41. The zero-order valence-electron chi connectivity index (χ0n) is 6.71. The number of rotatable bonds is 2. The lowest BCUT2D eigenvalue weighted by atomic mass is 10.5. The van der Waals surface area contributed by atoms with Crippen LogP contribution >= 0.6 is 35.7 Å². The minimum Gasteiger partial charge on any atom is -0.361 e. The average Bonchev–Trinajstić information content (AvgIpc) is 2.16. The molecule has 12 heavy (non-hydrogen) atoms. The van der Waals surface area contributed by atoms with Crippen LogP contribution < -0.4 is 16.6 Å². The summed E-state index contributed by atoms with van der Waals surface area (Å²) in [6, 6.07) is 0. The molecule has 4 N–H and O–H groups in total. The number of hydrogen-bond acceptors (Lipinski definition) is 4. The van der Waals surface area contributed by atoms with Gasteiger partial charge in [0, 0.05) is 29.1 Å². The lowest BCUT2D eigenvalue weighted by Gasteiger charge is -2.21. The molecule has 70 valence electrons. The second-order valence-corrected chi connectivity index (χ2v) is 5.39. The van der Waals surface area contributed by atoms with E-state index in [-0.39, 0.29) is 0 Å². The van der Waals surface area contributed by atoms with Crippen LogP contribution in [0.3, 0.4) is 0 Å². The third-order valence-corrected chi connectivity index (χ3v) is 4.61. The molecular weight excluding hydrogens is 210 g/mol. The topological polar surface area (TPSA) is 50.1 Å². The summed E-state index contributed by atoms with van der Waals surface area (Å²) in [5, 5.41) is 4.27. The molecule has 1 fully saturated rings. The number of hydrazine groups is 1. The summed E-state index contributed by atoms with van der Waals surface area (Å²) < 4.78 is 0. The van der Waals surface area contributed by atoms with Crippen molar-refractivity contribution in [3.05, 3.63) is 0 Å². The Labute approximate surface area is 86.6 Å². The van der Waals surface area contributed by atoms with Gasteiger partial charge >= 0.3 is 0 Å². The zero-order valence-corrected chi connectivity index (χ0v) is 9.16. The van der Waals surface area contributed by atoms with Crippen molar-refractivity contribution in [2.24, 2.45) is 5.84 Å². The van der Waals surface area contributed by atoms with Gasteiger partial charge in [-0.2, -0.15) is 23.5 Å². The van der Waals surface area contributed by atoms with Crippen molar-refractivity contribution in [1.82, 2.24) is 10.7 Å². The fraction of sp³-hybridized carbons (Fsp3) is 0.833. The quantitative estimate of drug-likeness (QED) is 0.353. The molecule has 0 saturated carbocycles. The van der Waals surface area contributed by atoms with E-state index < -0.39 is 0 Å². The van der Waals surface area contributed by atoms with Crippen molar-refractivity contribution in [2.45, 2.75) is 5.25 Å². The Hall–Kier alpha value is 0.350. The Morgan fingerprint density at radius 1 is 1.58 bits per heavy atom. The Kier molecular flexibility index (Phi) is 5.13. The van der Waals surface area contributed by atoms with Gasteiger partial charge in [0.2, 0.25) is 0 Å². The van der Waals surface area contributed by atoms with Crippen LogP contribution in [0.1, 0.15) is 0 Å². The summed E-state index contributed by atoms with van der Waals surface area (Å²) in [5.74, 6) is 8.86. The highest BCUT2D eigenvalue weighted by Gasteiger charge is 2.13. The molecule has 1 heterocycles. The minimum absolute atomic E-state index is 0.533. The predicted octanol–water partition coefficient (Wildman–Crippen LogP) is 0.173. The van der Waals surface area contributed by atoms with Gasteiger partial charge in [0.25, 0.3) is 0 Å². The van der Waals surface area contributed by atoms with Gasteiger partial charge in [-0.1, -0.05) is 0 Å². The van der Waals surface area contributed by atoms with Crippen molar-refractivity contribution in [3.8, 4) is 0 Å². The maximum atomic E-state index is 5.12. The van der Waals surface area contributed by atoms with Crippen molar-refractivity contribution in [1.29, 1.82) is 0 Å². The molecule has 6 heteroatoms. The Morgan fingerprint density at radius 3 is 3.00 bits per heavy atom. The van der Waals surface area contributed by atoms with E-state index in [1.165, 1.54) is 17.3 Å². The highest BCUT2D eigenvalue weighted by atomic mass is 32.2. The normalized spacial score (nSPS) is 23.2. The van der Waals surface area contributed by atoms with Crippen LogP contribution in [0.15, 0.2) is 0 Å². The highest BCUT2D eigenvalue weighted by Crippen LogP contribution is 2.23. The SMILES string of the molecule is NNC(=S)NCC1CSCCS1. The third kappa shape index (κ3) is 3.84. The molecule has 0 amide bonds. The van der Waals surface area contributed by atoms with Crippen molar-refractivity contribution < 1.29 is 0 Å². The molecule has 0 spiro atoms. The molecule has 0 aromatic rings. The Morgan fingerprint density at radius 2 is 2.42 bits per heavy atom. The number of hydrogen-bond donors (Lipinski definition) is 3. The van der Waals surface area contributed by atoms with E-state index in [2.05, 4.69) is 10.7 Å². The summed E-state index contributed by atoms with van der Waals surface area (Å²) in [6.07, 6.45) is 0. The van der Waals surface area contributed by atoms with Gasteiger partial charge in [0.1, 0.15) is 0 Å². The lowest BCUT2D eigenvalue weighted by molar-refractivity contribution is 0.832. The lowest BCUT2D eigenvalue weighted by Crippen LogP contribution is -2.43. The van der Waals surface area contributed by atoms with Gasteiger partial charge < -0.3 is 10.7 Å². The van der Waals surface area contributed by atoms with Crippen LogP contribution in [-0.4, -0.2) is 34.2 Å². The summed E-state index contributed by atoms with van der Waals surface area (Å²) in [7, 11) is 0. The molecule has 0 radical (unpaired) electrons. The standard InChI is InChI=1S/C6H13N3S3/c7-9-6(10)8-3-5-4-11-1-2-12-5/h5H,1-4,7H2,(H2,8,9,10).